The molecule has 2 rings (SSSR count). The number of sulfonamides is 1. The van der Waals surface area contributed by atoms with Crippen molar-refractivity contribution < 1.29 is 17.9 Å². The summed E-state index contributed by atoms with van der Waals surface area (Å²) in [5.41, 5.74) is 2.07. The minimum Gasteiger partial charge on any atom is -0.465 e. The summed E-state index contributed by atoms with van der Waals surface area (Å²) in [7, 11) is -3.99. The fourth-order valence-electron chi connectivity index (χ4n) is 2.97. The standard InChI is InChI=1S/C23H26N2O4S/c1-4-6-7-22(23(26)29-5-2)25(17-20-12-10-19(16-24)11-13-20)30(27,28)21-14-8-18(3)9-15-21/h4,8-15,22H,1,5-7,17H2,2-3H3. The van der Waals surface area contributed by atoms with E-state index in [0.29, 0.717) is 17.5 Å². The first-order chi connectivity index (χ1) is 14.3. The van der Waals surface area contributed by atoms with E-state index in [9.17, 15) is 13.2 Å². The highest BCUT2D eigenvalue weighted by Gasteiger charge is 2.36. The van der Waals surface area contributed by atoms with Gasteiger partial charge in [-0.25, -0.2) is 8.42 Å². The van der Waals surface area contributed by atoms with E-state index in [4.69, 9.17) is 10.00 Å². The molecule has 0 radical (unpaired) electrons. The summed E-state index contributed by atoms with van der Waals surface area (Å²) in [6.07, 6.45) is 2.35. The van der Waals surface area contributed by atoms with E-state index >= 15 is 0 Å². The van der Waals surface area contributed by atoms with Gasteiger partial charge in [0.15, 0.2) is 0 Å². The summed E-state index contributed by atoms with van der Waals surface area (Å²) in [5, 5.41) is 9.00. The quantitative estimate of drug-likeness (QED) is 0.424. The van der Waals surface area contributed by atoms with E-state index in [0.717, 1.165) is 5.56 Å². The van der Waals surface area contributed by atoms with Crippen LogP contribution in [0.1, 0.15) is 36.5 Å². The Bertz CT molecular complexity index is 1010. The third-order valence-corrected chi connectivity index (χ3v) is 6.47. The molecule has 0 aromatic heterocycles. The SMILES string of the molecule is C=CCCC(C(=O)OCC)N(Cc1ccc(C#N)cc1)S(=O)(=O)c1ccc(C)cc1. The van der Waals surface area contributed by atoms with Crippen molar-refractivity contribution in [2.45, 2.75) is 44.2 Å². The molecule has 158 valence electrons. The maximum absolute atomic E-state index is 13.5. The van der Waals surface area contributed by atoms with E-state index in [2.05, 4.69) is 6.58 Å². The Labute approximate surface area is 178 Å². The van der Waals surface area contributed by atoms with Crippen LogP contribution >= 0.6 is 0 Å². The van der Waals surface area contributed by atoms with Crippen molar-refractivity contribution in [3.8, 4) is 6.07 Å². The lowest BCUT2D eigenvalue weighted by atomic mass is 10.1. The van der Waals surface area contributed by atoms with Gasteiger partial charge in [0.1, 0.15) is 6.04 Å². The number of esters is 1. The number of benzene rings is 2. The highest BCUT2D eigenvalue weighted by atomic mass is 32.2. The smallest absolute Gasteiger partial charge is 0.324 e. The van der Waals surface area contributed by atoms with Crippen LogP contribution in [0, 0.1) is 18.3 Å². The van der Waals surface area contributed by atoms with Crippen LogP contribution in [-0.4, -0.2) is 31.3 Å². The Hall–Kier alpha value is -2.95. The second-order valence-corrected chi connectivity index (χ2v) is 8.70. The third-order valence-electron chi connectivity index (χ3n) is 4.60. The Balaban J connectivity index is 2.52. The molecule has 0 spiro atoms. The second kappa shape index (κ2) is 10.7. The highest BCUT2D eigenvalue weighted by molar-refractivity contribution is 7.89. The minimum atomic E-state index is -3.99. The lowest BCUT2D eigenvalue weighted by Gasteiger charge is -2.29. The van der Waals surface area contributed by atoms with Crippen LogP contribution in [0.2, 0.25) is 0 Å². The molecule has 0 saturated heterocycles. The van der Waals surface area contributed by atoms with Crippen LogP contribution in [0.3, 0.4) is 0 Å². The van der Waals surface area contributed by atoms with Crippen LogP contribution in [0.25, 0.3) is 0 Å². The van der Waals surface area contributed by atoms with E-state index < -0.39 is 22.0 Å². The number of hydrogen-bond donors (Lipinski definition) is 0. The van der Waals surface area contributed by atoms with Gasteiger partial charge in [0.2, 0.25) is 10.0 Å². The molecule has 6 nitrogen and oxygen atoms in total. The average molecular weight is 427 g/mol. The number of aryl methyl sites for hydroxylation is 1. The Morgan fingerprint density at radius 2 is 1.83 bits per heavy atom. The first-order valence-electron chi connectivity index (χ1n) is 9.68. The van der Waals surface area contributed by atoms with Gasteiger partial charge >= 0.3 is 5.97 Å². The molecule has 0 heterocycles. The van der Waals surface area contributed by atoms with Gasteiger partial charge in [-0.2, -0.15) is 9.57 Å². The first-order valence-corrected chi connectivity index (χ1v) is 11.1. The zero-order valence-electron chi connectivity index (χ0n) is 17.2. The minimum absolute atomic E-state index is 0.0253. The van der Waals surface area contributed by atoms with Crippen molar-refractivity contribution in [3.05, 3.63) is 77.9 Å². The van der Waals surface area contributed by atoms with Crippen molar-refractivity contribution in [1.29, 1.82) is 5.26 Å². The second-order valence-electron chi connectivity index (χ2n) is 6.81. The number of rotatable bonds is 10. The van der Waals surface area contributed by atoms with Crippen LogP contribution in [0.15, 0.2) is 66.1 Å². The summed E-state index contributed by atoms with van der Waals surface area (Å²) < 4.78 is 33.4. The fourth-order valence-corrected chi connectivity index (χ4v) is 4.56. The lowest BCUT2D eigenvalue weighted by Crippen LogP contribution is -2.45. The van der Waals surface area contributed by atoms with Crippen LogP contribution in [-0.2, 0) is 26.1 Å². The molecular weight excluding hydrogens is 400 g/mol. The molecule has 0 aliphatic carbocycles. The zero-order valence-corrected chi connectivity index (χ0v) is 18.1. The maximum Gasteiger partial charge on any atom is 0.324 e. The summed E-state index contributed by atoms with van der Waals surface area (Å²) in [6.45, 7) is 7.36. The molecule has 0 aliphatic rings. The number of nitriles is 1. The van der Waals surface area contributed by atoms with Crippen molar-refractivity contribution >= 4 is 16.0 Å². The largest absolute Gasteiger partial charge is 0.465 e. The Morgan fingerprint density at radius 3 is 2.37 bits per heavy atom. The monoisotopic (exact) mass is 426 g/mol. The molecule has 2 aromatic carbocycles. The van der Waals surface area contributed by atoms with Gasteiger partial charge in [0, 0.05) is 6.54 Å². The molecule has 30 heavy (non-hydrogen) atoms. The molecule has 0 aliphatic heterocycles. The molecule has 1 unspecified atom stereocenters. The van der Waals surface area contributed by atoms with Gasteiger partial charge in [-0.3, -0.25) is 4.79 Å². The predicted octanol–water partition coefficient (Wildman–Crippen LogP) is 3.96. The molecule has 2 aromatic rings. The molecule has 0 saturated carbocycles. The topological polar surface area (TPSA) is 87.5 Å². The Morgan fingerprint density at radius 1 is 1.20 bits per heavy atom. The number of hydrogen-bond acceptors (Lipinski definition) is 5. The van der Waals surface area contributed by atoms with Gasteiger partial charge in [0.05, 0.1) is 23.1 Å². The van der Waals surface area contributed by atoms with E-state index in [1.807, 2.05) is 13.0 Å². The zero-order chi connectivity index (χ0) is 22.1. The molecule has 7 heteroatoms. The average Bonchev–Trinajstić information content (AvgIpc) is 2.74. The van der Waals surface area contributed by atoms with E-state index in [-0.39, 0.29) is 24.5 Å². The van der Waals surface area contributed by atoms with Gasteiger partial charge < -0.3 is 4.74 Å². The van der Waals surface area contributed by atoms with Crippen LogP contribution in [0.4, 0.5) is 0 Å². The molecule has 0 bridgehead atoms. The lowest BCUT2D eigenvalue weighted by molar-refractivity contribution is -0.148. The highest BCUT2D eigenvalue weighted by Crippen LogP contribution is 2.25. The molecule has 0 fully saturated rings. The summed E-state index contributed by atoms with van der Waals surface area (Å²) in [4.78, 5) is 12.8. The Kier molecular flexibility index (Phi) is 8.34. The fraction of sp³-hybridized carbons (Fsp3) is 0.304. The van der Waals surface area contributed by atoms with Gasteiger partial charge in [0.25, 0.3) is 0 Å². The van der Waals surface area contributed by atoms with Crippen LogP contribution in [0.5, 0.6) is 0 Å². The number of carbonyl (C=O) groups is 1. The summed E-state index contributed by atoms with van der Waals surface area (Å²) in [5.74, 6) is -0.594. The van der Waals surface area contributed by atoms with Gasteiger partial charge in [-0.05, 0) is 56.5 Å². The van der Waals surface area contributed by atoms with Crippen molar-refractivity contribution in [1.82, 2.24) is 4.31 Å². The van der Waals surface area contributed by atoms with E-state index in [1.165, 1.54) is 16.4 Å². The number of ether oxygens (including phenoxy) is 1. The van der Waals surface area contributed by atoms with Gasteiger partial charge in [-0.15, -0.1) is 6.58 Å². The van der Waals surface area contributed by atoms with Crippen LogP contribution < -0.4 is 0 Å². The number of nitrogens with zero attached hydrogens (tertiary/aromatic N) is 2. The predicted molar refractivity (Wildman–Crippen MR) is 115 cm³/mol. The molecule has 0 N–H and O–H groups in total. The number of allylic oxidation sites excluding steroid dienone is 1. The van der Waals surface area contributed by atoms with Crippen molar-refractivity contribution in [3.63, 3.8) is 0 Å². The number of carbonyl (C=O) groups excluding carboxylic acids is 1. The summed E-state index contributed by atoms with van der Waals surface area (Å²) in [6, 6.07) is 14.2. The third kappa shape index (κ3) is 5.78. The molecular formula is C23H26N2O4S. The molecule has 1 atom stereocenters. The van der Waals surface area contributed by atoms with Crippen molar-refractivity contribution in [2.75, 3.05) is 6.61 Å². The maximum atomic E-state index is 13.5. The van der Waals surface area contributed by atoms with Crippen molar-refractivity contribution in [2.24, 2.45) is 0 Å². The first kappa shape index (κ1) is 23.3. The van der Waals surface area contributed by atoms with E-state index in [1.54, 1.807) is 49.4 Å². The normalized spacial score (nSPS) is 12.2. The molecule has 0 amide bonds. The summed E-state index contributed by atoms with van der Waals surface area (Å²) >= 11 is 0. The van der Waals surface area contributed by atoms with Gasteiger partial charge in [-0.1, -0.05) is 35.9 Å².